The summed E-state index contributed by atoms with van der Waals surface area (Å²) in [7, 11) is 3.51. The smallest absolute Gasteiger partial charge is 0.255 e. The van der Waals surface area contributed by atoms with E-state index < -0.39 is 6.04 Å². The Labute approximate surface area is 172 Å². The van der Waals surface area contributed by atoms with Gasteiger partial charge >= 0.3 is 0 Å². The molecule has 1 unspecified atom stereocenters. The molecule has 1 atom stereocenters. The summed E-state index contributed by atoms with van der Waals surface area (Å²) in [5.41, 5.74) is 3.52. The molecule has 0 saturated heterocycles. The zero-order valence-electron chi connectivity index (χ0n) is 17.3. The molecule has 3 aliphatic rings. The summed E-state index contributed by atoms with van der Waals surface area (Å²) in [6.45, 7) is 0.739. The van der Waals surface area contributed by atoms with E-state index in [2.05, 4.69) is 4.99 Å². The molecule has 1 aromatic rings. The van der Waals surface area contributed by atoms with Crippen LogP contribution in [0.1, 0.15) is 54.4 Å². The van der Waals surface area contributed by atoms with E-state index in [1.165, 1.54) is 32.1 Å². The van der Waals surface area contributed by atoms with Crippen LogP contribution in [0.25, 0.3) is 5.57 Å². The summed E-state index contributed by atoms with van der Waals surface area (Å²) in [5, 5.41) is 0. The van der Waals surface area contributed by atoms with E-state index in [9.17, 15) is 9.59 Å². The van der Waals surface area contributed by atoms with Gasteiger partial charge in [-0.05, 0) is 41.7 Å². The van der Waals surface area contributed by atoms with Gasteiger partial charge in [-0.2, -0.15) is 0 Å². The average molecular weight is 392 g/mol. The third kappa shape index (κ3) is 4.04. The molecule has 0 N–H and O–H groups in total. The van der Waals surface area contributed by atoms with E-state index >= 15 is 0 Å². The Morgan fingerprint density at radius 2 is 2.00 bits per heavy atom. The first-order valence-corrected chi connectivity index (χ1v) is 10.6. The van der Waals surface area contributed by atoms with Gasteiger partial charge in [0, 0.05) is 44.2 Å². The summed E-state index contributed by atoms with van der Waals surface area (Å²) in [6.07, 6.45) is 13.2. The van der Waals surface area contributed by atoms with Crippen molar-refractivity contribution in [1.82, 2.24) is 9.80 Å². The Balaban J connectivity index is 1.61. The Hall–Kier alpha value is -2.69. The topological polar surface area (TPSA) is 53.0 Å². The molecule has 4 rings (SSSR count). The molecule has 1 saturated carbocycles. The molecular weight excluding hydrogens is 362 g/mol. The SMILES string of the molecule is CN(C)C(=O)c1cccc(C2=CN(CCC3CCCCC3)C(=O)C3N=CC=C23)c1. The van der Waals surface area contributed by atoms with Gasteiger partial charge in [-0.3, -0.25) is 14.6 Å². The Morgan fingerprint density at radius 1 is 1.21 bits per heavy atom. The summed E-state index contributed by atoms with van der Waals surface area (Å²) < 4.78 is 0. The van der Waals surface area contributed by atoms with E-state index in [0.717, 1.165) is 35.6 Å². The van der Waals surface area contributed by atoms with Crippen LogP contribution in [-0.2, 0) is 4.79 Å². The summed E-state index contributed by atoms with van der Waals surface area (Å²) >= 11 is 0. The van der Waals surface area contributed by atoms with Gasteiger partial charge in [0.05, 0.1) is 0 Å². The minimum Gasteiger partial charge on any atom is -0.345 e. The monoisotopic (exact) mass is 391 g/mol. The molecule has 152 valence electrons. The van der Waals surface area contributed by atoms with Crippen molar-refractivity contribution in [3.8, 4) is 0 Å². The number of allylic oxidation sites excluding steroid dienone is 1. The lowest BCUT2D eigenvalue weighted by Gasteiger charge is -2.31. The van der Waals surface area contributed by atoms with Crippen LogP contribution in [0.15, 0.2) is 47.1 Å². The number of rotatable bonds is 5. The van der Waals surface area contributed by atoms with Crippen LogP contribution in [0.5, 0.6) is 0 Å². The third-order valence-electron chi connectivity index (χ3n) is 6.23. The fourth-order valence-electron chi connectivity index (χ4n) is 4.56. The Kier molecular flexibility index (Phi) is 5.65. The first-order valence-electron chi connectivity index (χ1n) is 10.6. The molecule has 2 heterocycles. The molecule has 5 nitrogen and oxygen atoms in total. The van der Waals surface area contributed by atoms with Gasteiger partial charge in [-0.15, -0.1) is 0 Å². The minimum absolute atomic E-state index is 0.0262. The van der Waals surface area contributed by atoms with Gasteiger partial charge in [0.2, 0.25) is 0 Å². The lowest BCUT2D eigenvalue weighted by atomic mass is 9.86. The molecule has 0 radical (unpaired) electrons. The number of carbonyl (C=O) groups excluding carboxylic acids is 2. The normalized spacial score (nSPS) is 21.7. The van der Waals surface area contributed by atoms with Crippen molar-refractivity contribution in [2.24, 2.45) is 10.9 Å². The van der Waals surface area contributed by atoms with Gasteiger partial charge < -0.3 is 9.80 Å². The lowest BCUT2D eigenvalue weighted by Crippen LogP contribution is -2.40. The average Bonchev–Trinajstić information content (AvgIpc) is 3.24. The van der Waals surface area contributed by atoms with Gasteiger partial charge in [0.25, 0.3) is 11.8 Å². The third-order valence-corrected chi connectivity index (χ3v) is 6.23. The van der Waals surface area contributed by atoms with Crippen LogP contribution in [0, 0.1) is 5.92 Å². The second-order valence-electron chi connectivity index (χ2n) is 8.47. The molecule has 5 heteroatoms. The van der Waals surface area contributed by atoms with Crippen LogP contribution >= 0.6 is 0 Å². The minimum atomic E-state index is -0.449. The summed E-state index contributed by atoms with van der Waals surface area (Å²) in [6, 6.07) is 7.21. The van der Waals surface area contributed by atoms with E-state index in [1.54, 1.807) is 25.2 Å². The molecule has 2 amide bonds. The maximum absolute atomic E-state index is 13.0. The van der Waals surface area contributed by atoms with Gasteiger partial charge in [0.15, 0.2) is 6.04 Å². The second-order valence-corrected chi connectivity index (χ2v) is 8.47. The number of fused-ring (bicyclic) bond motifs is 1. The van der Waals surface area contributed by atoms with Crippen molar-refractivity contribution in [3.05, 3.63) is 53.2 Å². The molecule has 29 heavy (non-hydrogen) atoms. The second kappa shape index (κ2) is 8.36. The highest BCUT2D eigenvalue weighted by Crippen LogP contribution is 2.35. The number of aliphatic imine (C=N–C) groups is 1. The fourth-order valence-corrected chi connectivity index (χ4v) is 4.56. The molecule has 0 spiro atoms. The standard InChI is InChI=1S/C24H29N3O2/c1-26(2)23(28)19-10-6-9-18(15-19)21-16-27(14-12-17-7-4-3-5-8-17)24(29)22-20(21)11-13-25-22/h6,9-11,13,15-17,22H,3-5,7-8,12,14H2,1-2H3. The fraction of sp³-hybridized carbons (Fsp3) is 0.458. The summed E-state index contributed by atoms with van der Waals surface area (Å²) in [4.78, 5) is 33.2. The molecule has 1 aliphatic carbocycles. The van der Waals surface area contributed by atoms with Gasteiger partial charge in [0.1, 0.15) is 0 Å². The van der Waals surface area contributed by atoms with Crippen molar-refractivity contribution in [2.45, 2.75) is 44.6 Å². The molecular formula is C24H29N3O2. The van der Waals surface area contributed by atoms with Crippen LogP contribution in [0.3, 0.4) is 0 Å². The molecule has 1 aromatic carbocycles. The van der Waals surface area contributed by atoms with Crippen molar-refractivity contribution in [1.29, 1.82) is 0 Å². The zero-order valence-corrected chi connectivity index (χ0v) is 17.3. The lowest BCUT2D eigenvalue weighted by molar-refractivity contribution is -0.129. The Bertz CT molecular complexity index is 891. The summed E-state index contributed by atoms with van der Waals surface area (Å²) in [5.74, 6) is 0.755. The van der Waals surface area contributed by atoms with Crippen LogP contribution < -0.4 is 0 Å². The van der Waals surface area contributed by atoms with E-state index in [-0.39, 0.29) is 11.8 Å². The van der Waals surface area contributed by atoms with Crippen LogP contribution in [-0.4, -0.2) is 54.5 Å². The predicted octanol–water partition coefficient (Wildman–Crippen LogP) is 3.92. The molecule has 0 aromatic heterocycles. The number of carbonyl (C=O) groups is 2. The predicted molar refractivity (Wildman–Crippen MR) is 116 cm³/mol. The molecule has 1 fully saturated rings. The first kappa shape index (κ1) is 19.6. The highest BCUT2D eigenvalue weighted by atomic mass is 16.2. The quantitative estimate of drug-likeness (QED) is 0.764. The number of amides is 2. The zero-order chi connectivity index (χ0) is 20.4. The van der Waals surface area contributed by atoms with Crippen LogP contribution in [0.2, 0.25) is 0 Å². The van der Waals surface area contributed by atoms with Gasteiger partial charge in [-0.1, -0.05) is 44.2 Å². The highest BCUT2D eigenvalue weighted by Gasteiger charge is 2.35. The van der Waals surface area contributed by atoms with Crippen molar-refractivity contribution >= 4 is 23.6 Å². The van der Waals surface area contributed by atoms with E-state index in [1.807, 2.05) is 41.4 Å². The van der Waals surface area contributed by atoms with Gasteiger partial charge in [-0.25, -0.2) is 0 Å². The number of benzene rings is 1. The van der Waals surface area contributed by atoms with Crippen LogP contribution in [0.4, 0.5) is 0 Å². The number of hydrogen-bond acceptors (Lipinski definition) is 3. The van der Waals surface area contributed by atoms with E-state index in [4.69, 9.17) is 0 Å². The van der Waals surface area contributed by atoms with E-state index in [0.29, 0.717) is 5.56 Å². The molecule has 0 bridgehead atoms. The highest BCUT2D eigenvalue weighted by molar-refractivity contribution is 6.04. The largest absolute Gasteiger partial charge is 0.345 e. The van der Waals surface area contributed by atoms with Crippen molar-refractivity contribution in [3.63, 3.8) is 0 Å². The maximum Gasteiger partial charge on any atom is 0.255 e. The molecule has 2 aliphatic heterocycles. The first-order chi connectivity index (χ1) is 14.0. The van der Waals surface area contributed by atoms with Crippen molar-refractivity contribution < 1.29 is 9.59 Å². The number of nitrogens with zero attached hydrogens (tertiary/aromatic N) is 3. The van der Waals surface area contributed by atoms with Crippen molar-refractivity contribution in [2.75, 3.05) is 20.6 Å². The number of hydrogen-bond donors (Lipinski definition) is 0. The Morgan fingerprint density at radius 3 is 2.76 bits per heavy atom. The maximum atomic E-state index is 13.0.